The molecule has 0 radical (unpaired) electrons. The van der Waals surface area contributed by atoms with Gasteiger partial charge >= 0.3 is 0 Å². The molecule has 3 N–H and O–H groups in total. The maximum Gasteiger partial charge on any atom is 0.239 e. The molecule has 11 heteroatoms. The van der Waals surface area contributed by atoms with Crippen molar-refractivity contribution in [2.24, 2.45) is 10.7 Å². The first kappa shape index (κ1) is 17.7. The number of rotatable bonds is 2. The normalized spacial score (nSPS) is 24.5. The van der Waals surface area contributed by atoms with E-state index in [-0.39, 0.29) is 11.7 Å². The number of sulfonamides is 1. The van der Waals surface area contributed by atoms with Crippen LogP contribution in [-0.2, 0) is 22.1 Å². The van der Waals surface area contributed by atoms with Crippen molar-refractivity contribution in [2.75, 3.05) is 17.8 Å². The third-order valence-electron chi connectivity index (χ3n) is 4.46. The van der Waals surface area contributed by atoms with Gasteiger partial charge in [0.15, 0.2) is 0 Å². The lowest BCUT2D eigenvalue weighted by Crippen LogP contribution is -2.50. The van der Waals surface area contributed by atoms with Crippen LogP contribution in [0.25, 0.3) is 0 Å². The summed E-state index contributed by atoms with van der Waals surface area (Å²) < 4.78 is 26.8. The van der Waals surface area contributed by atoms with Crippen molar-refractivity contribution in [1.29, 1.82) is 0 Å². The number of nitrogens with two attached hydrogens (primary N) is 1. The standard InChI is InChI=1S/C15H17BrN6O2S2/c1-15(8-26(23,24)21(2)14(17)20-15)12-5-10-11(25-12)7-19-22(10)13-4-3-9(16)6-18-13/h3-6,19H,7-8H2,1-2H3,(H2,17,20)/t15-/m0/s1. The largest absolute Gasteiger partial charge is 0.369 e. The summed E-state index contributed by atoms with van der Waals surface area (Å²) in [5.41, 5.74) is 9.21. The highest BCUT2D eigenvalue weighted by Gasteiger charge is 2.42. The zero-order valence-corrected chi connectivity index (χ0v) is 17.3. The van der Waals surface area contributed by atoms with Crippen molar-refractivity contribution in [3.05, 3.63) is 38.6 Å². The fourth-order valence-electron chi connectivity index (χ4n) is 3.02. The van der Waals surface area contributed by atoms with Crippen LogP contribution in [0.1, 0.15) is 16.7 Å². The summed E-state index contributed by atoms with van der Waals surface area (Å²) in [5, 5.41) is 1.90. The number of guanidine groups is 1. The van der Waals surface area contributed by atoms with E-state index in [2.05, 4.69) is 31.3 Å². The molecule has 1 atom stereocenters. The predicted octanol–water partition coefficient (Wildman–Crippen LogP) is 1.87. The van der Waals surface area contributed by atoms with Gasteiger partial charge in [-0.2, -0.15) is 0 Å². The van der Waals surface area contributed by atoms with Gasteiger partial charge in [-0.05, 0) is 41.1 Å². The van der Waals surface area contributed by atoms with Crippen molar-refractivity contribution in [3.8, 4) is 0 Å². The average molecular weight is 457 g/mol. The molecular weight excluding hydrogens is 440 g/mol. The van der Waals surface area contributed by atoms with E-state index in [1.807, 2.05) is 23.2 Å². The third kappa shape index (κ3) is 2.79. The van der Waals surface area contributed by atoms with E-state index in [4.69, 9.17) is 5.73 Å². The van der Waals surface area contributed by atoms with Crippen LogP contribution in [0.15, 0.2) is 33.9 Å². The zero-order valence-electron chi connectivity index (χ0n) is 14.1. The molecule has 0 saturated carbocycles. The Morgan fingerprint density at radius 2 is 2.19 bits per heavy atom. The van der Waals surface area contributed by atoms with Crippen LogP contribution in [0, 0.1) is 0 Å². The Morgan fingerprint density at radius 3 is 2.85 bits per heavy atom. The second kappa shape index (κ2) is 5.91. The lowest BCUT2D eigenvalue weighted by molar-refractivity contribution is 0.482. The Bertz CT molecular complexity index is 1000. The first-order valence-electron chi connectivity index (χ1n) is 7.80. The molecule has 4 heterocycles. The number of nitrogens with one attached hydrogen (secondary N) is 1. The molecule has 0 spiro atoms. The lowest BCUT2D eigenvalue weighted by atomic mass is 10.0. The fraction of sp³-hybridized carbons (Fsp3) is 0.333. The van der Waals surface area contributed by atoms with Gasteiger partial charge in [0.25, 0.3) is 0 Å². The van der Waals surface area contributed by atoms with Crippen molar-refractivity contribution in [3.63, 3.8) is 0 Å². The van der Waals surface area contributed by atoms with Gasteiger partial charge in [0, 0.05) is 27.5 Å². The SMILES string of the molecule is CN1C(N)=N[C@](C)(c2cc3c(s2)CNN3c2ccc(Br)cn2)CS1(=O)=O. The number of thiophene rings is 1. The van der Waals surface area contributed by atoms with Crippen LogP contribution in [0.5, 0.6) is 0 Å². The maximum atomic E-state index is 12.4. The molecule has 0 amide bonds. The quantitative estimate of drug-likeness (QED) is 0.714. The van der Waals surface area contributed by atoms with Gasteiger partial charge in [0.1, 0.15) is 11.4 Å². The Labute approximate surface area is 163 Å². The number of aliphatic imine (C=N–C) groups is 1. The zero-order chi connectivity index (χ0) is 18.7. The predicted molar refractivity (Wildman–Crippen MR) is 106 cm³/mol. The molecule has 0 aliphatic carbocycles. The summed E-state index contributed by atoms with van der Waals surface area (Å²) in [7, 11) is -2.07. The van der Waals surface area contributed by atoms with Crippen LogP contribution in [0.2, 0.25) is 0 Å². The number of hydrazine groups is 1. The molecule has 0 saturated heterocycles. The van der Waals surface area contributed by atoms with Crippen molar-refractivity contribution >= 4 is 54.8 Å². The first-order valence-corrected chi connectivity index (χ1v) is 11.0. The highest BCUT2D eigenvalue weighted by Crippen LogP contribution is 2.43. The topological polar surface area (TPSA) is 104 Å². The molecule has 0 unspecified atom stereocenters. The van der Waals surface area contributed by atoms with Gasteiger partial charge in [-0.15, -0.1) is 11.3 Å². The minimum atomic E-state index is -3.49. The molecular formula is C15H17BrN6O2S2. The van der Waals surface area contributed by atoms with E-state index >= 15 is 0 Å². The van der Waals surface area contributed by atoms with Crippen molar-refractivity contribution in [2.45, 2.75) is 19.0 Å². The number of hydrogen-bond donors (Lipinski definition) is 2. The average Bonchev–Trinajstić information content (AvgIpc) is 3.14. The molecule has 4 rings (SSSR count). The van der Waals surface area contributed by atoms with Crippen molar-refractivity contribution < 1.29 is 8.42 Å². The summed E-state index contributed by atoms with van der Waals surface area (Å²) >= 11 is 4.93. The van der Waals surface area contributed by atoms with Crippen LogP contribution >= 0.6 is 27.3 Å². The van der Waals surface area contributed by atoms with E-state index in [0.29, 0.717) is 6.54 Å². The molecule has 8 nitrogen and oxygen atoms in total. The number of anilines is 2. The summed E-state index contributed by atoms with van der Waals surface area (Å²) in [6.07, 6.45) is 1.73. The van der Waals surface area contributed by atoms with E-state index in [1.165, 1.54) is 7.05 Å². The number of pyridine rings is 1. The molecule has 2 aliphatic rings. The van der Waals surface area contributed by atoms with Crippen LogP contribution in [0.4, 0.5) is 11.5 Å². The minimum absolute atomic E-state index is 0.0110. The van der Waals surface area contributed by atoms with Crippen LogP contribution < -0.4 is 16.2 Å². The monoisotopic (exact) mass is 456 g/mol. The highest BCUT2D eigenvalue weighted by molar-refractivity contribution is 9.10. The van der Waals surface area contributed by atoms with E-state index < -0.39 is 15.6 Å². The maximum absolute atomic E-state index is 12.4. The Balaban J connectivity index is 1.73. The highest BCUT2D eigenvalue weighted by atomic mass is 79.9. The number of fused-ring (bicyclic) bond motifs is 1. The number of halogens is 1. The van der Waals surface area contributed by atoms with Crippen LogP contribution in [0.3, 0.4) is 0 Å². The van der Waals surface area contributed by atoms with Crippen molar-refractivity contribution in [1.82, 2.24) is 14.7 Å². The van der Waals surface area contributed by atoms with Gasteiger partial charge in [-0.3, -0.25) is 5.01 Å². The van der Waals surface area contributed by atoms with Gasteiger partial charge < -0.3 is 5.73 Å². The minimum Gasteiger partial charge on any atom is -0.369 e. The second-order valence-electron chi connectivity index (χ2n) is 6.39. The summed E-state index contributed by atoms with van der Waals surface area (Å²) in [6, 6.07) is 5.80. The Kier molecular flexibility index (Phi) is 4.03. The van der Waals surface area contributed by atoms with E-state index in [1.54, 1.807) is 24.5 Å². The molecule has 2 aliphatic heterocycles. The van der Waals surface area contributed by atoms with E-state index in [0.717, 1.165) is 30.0 Å². The first-order chi connectivity index (χ1) is 12.2. The van der Waals surface area contributed by atoms with Gasteiger partial charge in [-0.1, -0.05) is 0 Å². The molecule has 0 aromatic carbocycles. The molecule has 138 valence electrons. The Hall–Kier alpha value is -1.69. The molecule has 0 bridgehead atoms. The molecule has 2 aromatic rings. The number of nitrogens with zero attached hydrogens (tertiary/aromatic N) is 4. The smallest absolute Gasteiger partial charge is 0.239 e. The van der Waals surface area contributed by atoms with Gasteiger partial charge in [0.2, 0.25) is 16.0 Å². The lowest BCUT2D eigenvalue weighted by Gasteiger charge is -2.33. The van der Waals surface area contributed by atoms with Gasteiger partial charge in [0.05, 0.1) is 18.0 Å². The summed E-state index contributed by atoms with van der Waals surface area (Å²) in [5.74, 6) is 0.665. The van der Waals surface area contributed by atoms with Crippen LogP contribution in [-0.4, -0.2) is 36.5 Å². The molecule has 26 heavy (non-hydrogen) atoms. The van der Waals surface area contributed by atoms with E-state index in [9.17, 15) is 8.42 Å². The second-order valence-corrected chi connectivity index (χ2v) is 10.4. The summed E-state index contributed by atoms with van der Waals surface area (Å²) in [6.45, 7) is 2.46. The van der Waals surface area contributed by atoms with Gasteiger partial charge in [-0.25, -0.2) is 28.1 Å². The fourth-order valence-corrected chi connectivity index (χ4v) is 5.96. The third-order valence-corrected chi connectivity index (χ3v) is 8.26. The summed E-state index contributed by atoms with van der Waals surface area (Å²) in [4.78, 5) is 10.9. The Morgan fingerprint density at radius 1 is 1.42 bits per heavy atom. The number of hydrogen-bond acceptors (Lipinski definition) is 8. The number of aromatic nitrogens is 1. The molecule has 2 aromatic heterocycles. The molecule has 0 fully saturated rings.